The van der Waals surface area contributed by atoms with Gasteiger partial charge < -0.3 is 10.2 Å². The average molecular weight is 371 g/mol. The van der Waals surface area contributed by atoms with Gasteiger partial charge in [-0.25, -0.2) is 4.98 Å². The minimum absolute atomic E-state index is 0.134. The molecule has 0 spiro atoms. The molecule has 1 unspecified atom stereocenters. The summed E-state index contributed by atoms with van der Waals surface area (Å²) < 4.78 is 0. The van der Waals surface area contributed by atoms with Gasteiger partial charge in [0.05, 0.1) is 5.56 Å². The van der Waals surface area contributed by atoms with Crippen LogP contribution in [0.1, 0.15) is 68.6 Å². The molecule has 2 saturated carbocycles. The fourth-order valence-corrected chi connectivity index (χ4v) is 4.69. The topological polar surface area (TPSA) is 48.5 Å². The second-order valence-corrected chi connectivity index (χ2v) is 8.68. The molecule has 3 fully saturated rings. The standard InChI is InChI=1S/C22H34N4O/c1-17(18-8-9-18)24-21-11-10-19(16-23-21)22(27)26-13-5-12-25(14-15-26)20-6-3-2-4-7-20/h10-11,16-18,20H,2-9,12-15H2,1H3,(H,23,24). The number of nitrogens with zero attached hydrogens (tertiary/aromatic N) is 3. The largest absolute Gasteiger partial charge is 0.367 e. The van der Waals surface area contributed by atoms with Crippen LogP contribution >= 0.6 is 0 Å². The molecule has 1 amide bonds. The normalized spacial score (nSPS) is 23.7. The molecule has 0 radical (unpaired) electrons. The van der Waals surface area contributed by atoms with Crippen molar-refractivity contribution in [2.75, 3.05) is 31.5 Å². The van der Waals surface area contributed by atoms with Crippen LogP contribution in [0.4, 0.5) is 5.82 Å². The van der Waals surface area contributed by atoms with Crippen LogP contribution in [-0.2, 0) is 0 Å². The summed E-state index contributed by atoms with van der Waals surface area (Å²) in [5, 5.41) is 3.46. The number of hydrogen-bond donors (Lipinski definition) is 1. The van der Waals surface area contributed by atoms with Gasteiger partial charge in [-0.05, 0) is 57.1 Å². The fourth-order valence-electron chi connectivity index (χ4n) is 4.69. The Labute approximate surface area is 163 Å². The third-order valence-corrected chi connectivity index (χ3v) is 6.62. The van der Waals surface area contributed by atoms with Crippen molar-refractivity contribution >= 4 is 11.7 Å². The molecule has 2 aliphatic carbocycles. The number of nitrogens with one attached hydrogen (secondary N) is 1. The van der Waals surface area contributed by atoms with Gasteiger partial charge >= 0.3 is 0 Å². The van der Waals surface area contributed by atoms with Crippen molar-refractivity contribution in [2.45, 2.75) is 70.4 Å². The number of carbonyl (C=O) groups excluding carboxylic acids is 1. The summed E-state index contributed by atoms with van der Waals surface area (Å²) in [6.07, 6.45) is 12.3. The predicted octanol–water partition coefficient (Wildman–Crippen LogP) is 3.77. The van der Waals surface area contributed by atoms with Crippen LogP contribution in [0.2, 0.25) is 0 Å². The highest BCUT2D eigenvalue weighted by molar-refractivity contribution is 5.94. The lowest BCUT2D eigenvalue weighted by Crippen LogP contribution is -2.40. The van der Waals surface area contributed by atoms with E-state index in [-0.39, 0.29) is 5.91 Å². The maximum Gasteiger partial charge on any atom is 0.255 e. The molecule has 27 heavy (non-hydrogen) atoms. The van der Waals surface area contributed by atoms with Crippen LogP contribution in [0.5, 0.6) is 0 Å². The molecule has 3 aliphatic rings. The zero-order chi connectivity index (χ0) is 18.6. The minimum atomic E-state index is 0.134. The summed E-state index contributed by atoms with van der Waals surface area (Å²) in [7, 11) is 0. The second-order valence-electron chi connectivity index (χ2n) is 8.68. The van der Waals surface area contributed by atoms with Gasteiger partial charge in [0.25, 0.3) is 5.91 Å². The number of anilines is 1. The van der Waals surface area contributed by atoms with Crippen molar-refractivity contribution in [3.63, 3.8) is 0 Å². The lowest BCUT2D eigenvalue weighted by molar-refractivity contribution is 0.0754. The van der Waals surface area contributed by atoms with Crippen LogP contribution in [-0.4, -0.2) is 59.0 Å². The zero-order valence-corrected chi connectivity index (χ0v) is 16.7. The molecule has 1 aromatic rings. The first-order chi connectivity index (χ1) is 13.2. The number of pyridine rings is 1. The maximum absolute atomic E-state index is 12.9. The Morgan fingerprint density at radius 3 is 2.56 bits per heavy atom. The van der Waals surface area contributed by atoms with Crippen molar-refractivity contribution in [2.24, 2.45) is 5.92 Å². The number of amides is 1. The number of hydrogen-bond acceptors (Lipinski definition) is 4. The molecule has 1 aromatic heterocycles. The third-order valence-electron chi connectivity index (χ3n) is 6.62. The van der Waals surface area contributed by atoms with E-state index in [1.165, 1.54) is 44.9 Å². The Morgan fingerprint density at radius 1 is 1.04 bits per heavy atom. The van der Waals surface area contributed by atoms with Crippen molar-refractivity contribution < 1.29 is 4.79 Å². The van der Waals surface area contributed by atoms with Crippen LogP contribution in [0.25, 0.3) is 0 Å². The minimum Gasteiger partial charge on any atom is -0.367 e. The van der Waals surface area contributed by atoms with E-state index < -0.39 is 0 Å². The Kier molecular flexibility index (Phi) is 5.96. The SMILES string of the molecule is CC(Nc1ccc(C(=O)N2CCCN(C3CCCCC3)CC2)cn1)C1CC1. The molecular formula is C22H34N4O. The van der Waals surface area contributed by atoms with E-state index in [1.807, 2.05) is 17.0 Å². The molecule has 148 valence electrons. The Morgan fingerprint density at radius 2 is 1.85 bits per heavy atom. The van der Waals surface area contributed by atoms with Crippen molar-refractivity contribution in [3.8, 4) is 0 Å². The molecule has 1 N–H and O–H groups in total. The quantitative estimate of drug-likeness (QED) is 0.857. The lowest BCUT2D eigenvalue weighted by atomic mass is 9.94. The highest BCUT2D eigenvalue weighted by Crippen LogP contribution is 2.33. The molecule has 0 aromatic carbocycles. The molecule has 4 rings (SSSR count). The summed E-state index contributed by atoms with van der Waals surface area (Å²) in [4.78, 5) is 22.1. The van der Waals surface area contributed by atoms with Crippen LogP contribution in [0.3, 0.4) is 0 Å². The summed E-state index contributed by atoms with van der Waals surface area (Å²) in [6.45, 7) is 6.07. The van der Waals surface area contributed by atoms with Gasteiger partial charge in [0.1, 0.15) is 5.82 Å². The van der Waals surface area contributed by atoms with Gasteiger partial charge in [-0.15, -0.1) is 0 Å². The van der Waals surface area contributed by atoms with Gasteiger partial charge in [0.2, 0.25) is 0 Å². The van der Waals surface area contributed by atoms with Crippen molar-refractivity contribution in [1.82, 2.24) is 14.8 Å². The first-order valence-electron chi connectivity index (χ1n) is 11.0. The number of aromatic nitrogens is 1. The van der Waals surface area contributed by atoms with Gasteiger partial charge in [0.15, 0.2) is 0 Å². The van der Waals surface area contributed by atoms with E-state index in [0.29, 0.717) is 11.6 Å². The highest BCUT2D eigenvalue weighted by Gasteiger charge is 2.28. The lowest BCUT2D eigenvalue weighted by Gasteiger charge is -2.33. The average Bonchev–Trinajstić information content (AvgIpc) is 3.55. The molecule has 1 saturated heterocycles. The smallest absolute Gasteiger partial charge is 0.255 e. The van der Waals surface area contributed by atoms with Crippen LogP contribution in [0, 0.1) is 5.92 Å². The summed E-state index contributed by atoms with van der Waals surface area (Å²) in [6, 6.07) is 5.10. The molecule has 2 heterocycles. The van der Waals surface area contributed by atoms with E-state index in [4.69, 9.17) is 0 Å². The highest BCUT2D eigenvalue weighted by atomic mass is 16.2. The van der Waals surface area contributed by atoms with E-state index in [9.17, 15) is 4.79 Å². The van der Waals surface area contributed by atoms with Crippen molar-refractivity contribution in [3.05, 3.63) is 23.9 Å². The summed E-state index contributed by atoms with van der Waals surface area (Å²) in [5.41, 5.74) is 0.714. The monoisotopic (exact) mass is 370 g/mol. The Bertz CT molecular complexity index is 622. The van der Waals surface area contributed by atoms with Crippen LogP contribution < -0.4 is 5.32 Å². The van der Waals surface area contributed by atoms with Crippen molar-refractivity contribution in [1.29, 1.82) is 0 Å². The molecule has 5 nitrogen and oxygen atoms in total. The van der Waals surface area contributed by atoms with Gasteiger partial charge in [-0.2, -0.15) is 0 Å². The molecule has 0 bridgehead atoms. The number of carbonyl (C=O) groups is 1. The zero-order valence-electron chi connectivity index (χ0n) is 16.7. The van der Waals surface area contributed by atoms with Gasteiger partial charge in [-0.3, -0.25) is 9.69 Å². The summed E-state index contributed by atoms with van der Waals surface area (Å²) in [5.74, 6) is 1.80. The molecular weight excluding hydrogens is 336 g/mol. The van der Waals surface area contributed by atoms with Crippen LogP contribution in [0.15, 0.2) is 18.3 Å². The molecule has 1 atom stereocenters. The summed E-state index contributed by atoms with van der Waals surface area (Å²) >= 11 is 0. The first kappa shape index (κ1) is 18.7. The van der Waals surface area contributed by atoms with E-state index in [2.05, 4.69) is 22.1 Å². The Hall–Kier alpha value is -1.62. The van der Waals surface area contributed by atoms with Gasteiger partial charge in [-0.1, -0.05) is 19.3 Å². The van der Waals surface area contributed by atoms with E-state index in [0.717, 1.165) is 50.4 Å². The fraction of sp³-hybridized carbons (Fsp3) is 0.727. The number of rotatable bonds is 5. The van der Waals surface area contributed by atoms with E-state index in [1.54, 1.807) is 6.20 Å². The first-order valence-corrected chi connectivity index (χ1v) is 11.0. The second kappa shape index (κ2) is 8.59. The third kappa shape index (κ3) is 4.81. The predicted molar refractivity (Wildman–Crippen MR) is 109 cm³/mol. The van der Waals surface area contributed by atoms with Gasteiger partial charge in [0, 0.05) is 44.5 Å². The Balaban J connectivity index is 1.31. The molecule has 1 aliphatic heterocycles. The maximum atomic E-state index is 12.9. The molecule has 5 heteroatoms. The van der Waals surface area contributed by atoms with E-state index >= 15 is 0 Å².